The highest BCUT2D eigenvalue weighted by molar-refractivity contribution is 6.42. The molecular formula is C13H12Cl2N2O. The molecule has 0 aliphatic heterocycles. The second-order valence-electron chi connectivity index (χ2n) is 3.90. The SMILES string of the molecule is CN(C)c1cccnc1Oc1ccc(Cl)c(Cl)c1. The zero-order valence-electron chi connectivity index (χ0n) is 10.0. The van der Waals surface area contributed by atoms with E-state index in [0.717, 1.165) is 5.69 Å². The minimum Gasteiger partial charge on any atom is -0.437 e. The van der Waals surface area contributed by atoms with E-state index in [0.29, 0.717) is 21.7 Å². The van der Waals surface area contributed by atoms with Gasteiger partial charge in [0, 0.05) is 26.4 Å². The van der Waals surface area contributed by atoms with Crippen LogP contribution < -0.4 is 9.64 Å². The fraction of sp³-hybridized carbons (Fsp3) is 0.154. The Labute approximate surface area is 116 Å². The van der Waals surface area contributed by atoms with Crippen molar-refractivity contribution in [2.24, 2.45) is 0 Å². The van der Waals surface area contributed by atoms with E-state index in [2.05, 4.69) is 4.98 Å². The summed E-state index contributed by atoms with van der Waals surface area (Å²) in [5.41, 5.74) is 0.892. The Balaban J connectivity index is 2.31. The lowest BCUT2D eigenvalue weighted by atomic mass is 10.3. The molecule has 0 aliphatic carbocycles. The van der Waals surface area contributed by atoms with Crippen LogP contribution in [0, 0.1) is 0 Å². The molecule has 0 bridgehead atoms. The second kappa shape index (κ2) is 5.46. The number of hydrogen-bond acceptors (Lipinski definition) is 3. The van der Waals surface area contributed by atoms with Crippen LogP contribution >= 0.6 is 23.2 Å². The highest BCUT2D eigenvalue weighted by Gasteiger charge is 2.08. The molecule has 1 heterocycles. The van der Waals surface area contributed by atoms with E-state index in [1.807, 2.05) is 31.1 Å². The van der Waals surface area contributed by atoms with Gasteiger partial charge in [0.15, 0.2) is 0 Å². The van der Waals surface area contributed by atoms with Gasteiger partial charge in [-0.05, 0) is 24.3 Å². The smallest absolute Gasteiger partial charge is 0.243 e. The van der Waals surface area contributed by atoms with Crippen LogP contribution in [0.1, 0.15) is 0 Å². The van der Waals surface area contributed by atoms with E-state index < -0.39 is 0 Å². The standard InChI is InChI=1S/C13H12Cl2N2O/c1-17(2)12-4-3-7-16-13(12)18-9-5-6-10(14)11(15)8-9/h3-8H,1-2H3. The Kier molecular flexibility index (Phi) is 3.94. The van der Waals surface area contributed by atoms with Gasteiger partial charge < -0.3 is 9.64 Å². The van der Waals surface area contributed by atoms with Crippen LogP contribution in [-0.2, 0) is 0 Å². The lowest BCUT2D eigenvalue weighted by Gasteiger charge is -2.16. The van der Waals surface area contributed by atoms with Gasteiger partial charge in [0.05, 0.1) is 15.7 Å². The summed E-state index contributed by atoms with van der Waals surface area (Å²) in [5, 5.41) is 0.953. The van der Waals surface area contributed by atoms with Crippen LogP contribution in [0.5, 0.6) is 11.6 Å². The molecule has 5 heteroatoms. The van der Waals surface area contributed by atoms with Crippen molar-refractivity contribution in [3.63, 3.8) is 0 Å². The summed E-state index contributed by atoms with van der Waals surface area (Å²) in [6, 6.07) is 8.90. The highest BCUT2D eigenvalue weighted by Crippen LogP contribution is 2.32. The van der Waals surface area contributed by atoms with Gasteiger partial charge in [-0.3, -0.25) is 0 Å². The molecule has 0 atom stereocenters. The van der Waals surface area contributed by atoms with E-state index in [4.69, 9.17) is 27.9 Å². The van der Waals surface area contributed by atoms with Crippen molar-refractivity contribution in [2.75, 3.05) is 19.0 Å². The first-order valence-corrected chi connectivity index (χ1v) is 6.09. The zero-order chi connectivity index (χ0) is 13.1. The monoisotopic (exact) mass is 282 g/mol. The Morgan fingerprint density at radius 1 is 1.11 bits per heavy atom. The minimum absolute atomic E-state index is 0.455. The third-order valence-corrected chi connectivity index (χ3v) is 3.08. The number of pyridine rings is 1. The topological polar surface area (TPSA) is 25.4 Å². The van der Waals surface area contributed by atoms with Gasteiger partial charge in [0.1, 0.15) is 5.75 Å². The van der Waals surface area contributed by atoms with Gasteiger partial charge in [0.25, 0.3) is 0 Å². The highest BCUT2D eigenvalue weighted by atomic mass is 35.5. The van der Waals surface area contributed by atoms with Crippen LogP contribution in [0.25, 0.3) is 0 Å². The summed E-state index contributed by atoms with van der Waals surface area (Å²) < 4.78 is 5.71. The molecule has 2 rings (SSSR count). The van der Waals surface area contributed by atoms with Crippen molar-refractivity contribution in [2.45, 2.75) is 0 Å². The van der Waals surface area contributed by atoms with Gasteiger partial charge in [-0.25, -0.2) is 4.98 Å². The van der Waals surface area contributed by atoms with Crippen molar-refractivity contribution < 1.29 is 4.74 Å². The van der Waals surface area contributed by atoms with Crippen molar-refractivity contribution >= 4 is 28.9 Å². The summed E-state index contributed by atoms with van der Waals surface area (Å²) in [5.74, 6) is 1.13. The Hall–Kier alpha value is -1.45. The fourth-order valence-corrected chi connectivity index (χ4v) is 1.74. The first-order valence-electron chi connectivity index (χ1n) is 5.33. The molecular weight excluding hydrogens is 271 g/mol. The van der Waals surface area contributed by atoms with Crippen molar-refractivity contribution in [3.05, 3.63) is 46.6 Å². The summed E-state index contributed by atoms with van der Waals surface area (Å²) in [4.78, 5) is 6.14. The van der Waals surface area contributed by atoms with Gasteiger partial charge in [-0.2, -0.15) is 0 Å². The van der Waals surface area contributed by atoms with Gasteiger partial charge >= 0.3 is 0 Å². The predicted molar refractivity (Wildman–Crippen MR) is 75.1 cm³/mol. The third kappa shape index (κ3) is 2.86. The summed E-state index contributed by atoms with van der Waals surface area (Å²) in [6.07, 6.45) is 1.68. The molecule has 2 aromatic rings. The van der Waals surface area contributed by atoms with E-state index in [1.54, 1.807) is 24.4 Å². The van der Waals surface area contributed by atoms with Crippen LogP contribution in [0.3, 0.4) is 0 Å². The van der Waals surface area contributed by atoms with E-state index in [-0.39, 0.29) is 0 Å². The largest absolute Gasteiger partial charge is 0.437 e. The Morgan fingerprint density at radius 3 is 2.56 bits per heavy atom. The molecule has 0 saturated carbocycles. The molecule has 3 nitrogen and oxygen atoms in total. The van der Waals surface area contributed by atoms with E-state index in [1.165, 1.54) is 0 Å². The van der Waals surface area contributed by atoms with Crippen LogP contribution in [0.2, 0.25) is 10.0 Å². The maximum Gasteiger partial charge on any atom is 0.243 e. The van der Waals surface area contributed by atoms with Crippen molar-refractivity contribution in [1.29, 1.82) is 0 Å². The number of anilines is 1. The molecule has 0 unspecified atom stereocenters. The molecule has 0 N–H and O–H groups in total. The van der Waals surface area contributed by atoms with E-state index in [9.17, 15) is 0 Å². The number of hydrogen-bond donors (Lipinski definition) is 0. The van der Waals surface area contributed by atoms with Gasteiger partial charge in [-0.15, -0.1) is 0 Å². The van der Waals surface area contributed by atoms with Gasteiger partial charge in [-0.1, -0.05) is 23.2 Å². The van der Waals surface area contributed by atoms with Crippen LogP contribution in [-0.4, -0.2) is 19.1 Å². The average molecular weight is 283 g/mol. The number of nitrogens with zero attached hydrogens (tertiary/aromatic N) is 2. The number of aromatic nitrogens is 1. The van der Waals surface area contributed by atoms with Gasteiger partial charge in [0.2, 0.25) is 5.88 Å². The first kappa shape index (κ1) is 13.0. The van der Waals surface area contributed by atoms with Crippen molar-refractivity contribution in [1.82, 2.24) is 4.98 Å². The van der Waals surface area contributed by atoms with Crippen LogP contribution in [0.15, 0.2) is 36.5 Å². The summed E-state index contributed by atoms with van der Waals surface area (Å²) >= 11 is 11.8. The number of rotatable bonds is 3. The molecule has 0 fully saturated rings. The normalized spacial score (nSPS) is 10.2. The molecule has 0 saturated heterocycles. The maximum atomic E-state index is 5.94. The quantitative estimate of drug-likeness (QED) is 0.842. The van der Waals surface area contributed by atoms with Crippen molar-refractivity contribution in [3.8, 4) is 11.6 Å². The summed E-state index contributed by atoms with van der Waals surface area (Å²) in [6.45, 7) is 0. The third-order valence-electron chi connectivity index (χ3n) is 2.34. The predicted octanol–water partition coefficient (Wildman–Crippen LogP) is 4.25. The number of benzene rings is 1. The van der Waals surface area contributed by atoms with E-state index >= 15 is 0 Å². The first-order chi connectivity index (χ1) is 8.58. The molecule has 1 aromatic carbocycles. The minimum atomic E-state index is 0.455. The summed E-state index contributed by atoms with van der Waals surface area (Å²) in [7, 11) is 3.86. The number of ether oxygens (including phenoxy) is 1. The number of halogens is 2. The van der Waals surface area contributed by atoms with Crippen LogP contribution in [0.4, 0.5) is 5.69 Å². The molecule has 0 spiro atoms. The second-order valence-corrected chi connectivity index (χ2v) is 4.71. The maximum absolute atomic E-state index is 5.94. The Morgan fingerprint density at radius 2 is 1.89 bits per heavy atom. The molecule has 1 aromatic heterocycles. The Bertz CT molecular complexity index is 558. The molecule has 94 valence electrons. The zero-order valence-corrected chi connectivity index (χ0v) is 11.5. The lowest BCUT2D eigenvalue weighted by molar-refractivity contribution is 0.463. The molecule has 0 radical (unpaired) electrons. The molecule has 0 aliphatic rings. The molecule has 18 heavy (non-hydrogen) atoms. The lowest BCUT2D eigenvalue weighted by Crippen LogP contribution is -2.10. The fourth-order valence-electron chi connectivity index (χ4n) is 1.45. The average Bonchev–Trinajstić information content (AvgIpc) is 2.34. The molecule has 0 amide bonds.